The summed E-state index contributed by atoms with van der Waals surface area (Å²) in [5.74, 6) is 0.759. The van der Waals surface area contributed by atoms with Gasteiger partial charge in [-0.3, -0.25) is 0 Å². The number of carboxylic acid groups (broad SMARTS) is 1. The molecule has 1 aromatic heterocycles. The minimum absolute atomic E-state index is 0.376. The Hall–Kier alpha value is -1.84. The third kappa shape index (κ3) is 2.33. The number of benzene rings is 1. The zero-order chi connectivity index (χ0) is 15.0. The van der Waals surface area contributed by atoms with Gasteiger partial charge >= 0.3 is 5.97 Å². The molecule has 1 saturated carbocycles. The van der Waals surface area contributed by atoms with Crippen molar-refractivity contribution in [3.05, 3.63) is 29.6 Å². The number of aryl methyl sites for hydroxylation is 1. The van der Waals surface area contributed by atoms with Crippen LogP contribution in [0.1, 0.15) is 61.8 Å². The predicted octanol–water partition coefficient (Wildman–Crippen LogP) is 4.05. The summed E-state index contributed by atoms with van der Waals surface area (Å²) in [5.41, 5.74) is 2.01. The van der Waals surface area contributed by atoms with E-state index in [0.717, 1.165) is 36.1 Å². The lowest BCUT2D eigenvalue weighted by Crippen LogP contribution is -2.16. The molecule has 0 saturated heterocycles. The van der Waals surface area contributed by atoms with Crippen molar-refractivity contribution in [3.63, 3.8) is 0 Å². The van der Waals surface area contributed by atoms with Crippen LogP contribution < -0.4 is 0 Å². The lowest BCUT2D eigenvalue weighted by molar-refractivity contribution is 0.0698. The minimum Gasteiger partial charge on any atom is -0.478 e. The van der Waals surface area contributed by atoms with Gasteiger partial charge in [0.25, 0.3) is 0 Å². The van der Waals surface area contributed by atoms with Gasteiger partial charge in [-0.15, -0.1) is 0 Å². The summed E-state index contributed by atoms with van der Waals surface area (Å²) in [4.78, 5) is 16.3. The van der Waals surface area contributed by atoms with Crippen molar-refractivity contribution in [2.75, 3.05) is 0 Å². The molecule has 1 aromatic carbocycles. The van der Waals surface area contributed by atoms with Crippen LogP contribution in [0, 0.1) is 5.92 Å². The average Bonchev–Trinajstić information content (AvgIpc) is 3.01. The standard InChI is InChI=1S/C17H22N2O2/c1-3-6-15-18-13-9-5-8-12(17(20)21)16(13)19(15)14-10-4-7-11(14)2/h5,8-9,11,14H,3-4,6-7,10H2,1-2H3,(H,20,21). The third-order valence-electron chi connectivity index (χ3n) is 4.64. The van der Waals surface area contributed by atoms with Crippen LogP contribution in [-0.4, -0.2) is 20.6 Å². The monoisotopic (exact) mass is 286 g/mol. The van der Waals surface area contributed by atoms with E-state index >= 15 is 0 Å². The van der Waals surface area contributed by atoms with E-state index < -0.39 is 5.97 Å². The highest BCUT2D eigenvalue weighted by Gasteiger charge is 2.29. The Morgan fingerprint density at radius 2 is 2.24 bits per heavy atom. The molecule has 0 spiro atoms. The number of aromatic carboxylic acids is 1. The molecule has 112 valence electrons. The molecule has 2 unspecified atom stereocenters. The number of rotatable bonds is 4. The number of aromatic nitrogens is 2. The van der Waals surface area contributed by atoms with Crippen LogP contribution in [0.5, 0.6) is 0 Å². The van der Waals surface area contributed by atoms with Crippen LogP contribution in [-0.2, 0) is 6.42 Å². The second-order valence-electron chi connectivity index (χ2n) is 6.10. The Balaban J connectivity index is 2.26. The second kappa shape index (κ2) is 5.51. The molecular formula is C17H22N2O2. The van der Waals surface area contributed by atoms with Crippen molar-refractivity contribution in [2.45, 2.75) is 52.0 Å². The highest BCUT2D eigenvalue weighted by Crippen LogP contribution is 2.39. The molecule has 2 atom stereocenters. The van der Waals surface area contributed by atoms with Gasteiger partial charge in [-0.25, -0.2) is 9.78 Å². The minimum atomic E-state index is -0.865. The molecule has 0 aliphatic heterocycles. The van der Waals surface area contributed by atoms with Gasteiger partial charge in [0.15, 0.2) is 0 Å². The first-order valence-electron chi connectivity index (χ1n) is 7.86. The molecular weight excluding hydrogens is 264 g/mol. The first-order chi connectivity index (χ1) is 10.1. The molecule has 1 heterocycles. The first kappa shape index (κ1) is 14.1. The van der Waals surface area contributed by atoms with E-state index in [0.29, 0.717) is 17.5 Å². The maximum atomic E-state index is 11.6. The van der Waals surface area contributed by atoms with E-state index in [1.165, 1.54) is 12.8 Å². The van der Waals surface area contributed by atoms with E-state index in [4.69, 9.17) is 4.98 Å². The Labute approximate surface area is 124 Å². The van der Waals surface area contributed by atoms with Gasteiger partial charge in [-0.1, -0.05) is 26.3 Å². The summed E-state index contributed by atoms with van der Waals surface area (Å²) in [6.45, 7) is 4.41. The van der Waals surface area contributed by atoms with E-state index in [1.54, 1.807) is 12.1 Å². The van der Waals surface area contributed by atoms with Crippen molar-refractivity contribution in [1.29, 1.82) is 0 Å². The molecule has 21 heavy (non-hydrogen) atoms. The first-order valence-corrected chi connectivity index (χ1v) is 7.86. The average molecular weight is 286 g/mol. The molecule has 1 aliphatic rings. The Morgan fingerprint density at radius 1 is 1.43 bits per heavy atom. The zero-order valence-corrected chi connectivity index (χ0v) is 12.7. The van der Waals surface area contributed by atoms with Crippen molar-refractivity contribution in [2.24, 2.45) is 5.92 Å². The molecule has 0 radical (unpaired) electrons. The number of fused-ring (bicyclic) bond motifs is 1. The fourth-order valence-electron chi connectivity index (χ4n) is 3.64. The van der Waals surface area contributed by atoms with Crippen molar-refractivity contribution in [1.82, 2.24) is 9.55 Å². The molecule has 2 aromatic rings. The molecule has 4 heteroatoms. The van der Waals surface area contributed by atoms with Crippen LogP contribution in [0.15, 0.2) is 18.2 Å². The fourth-order valence-corrected chi connectivity index (χ4v) is 3.64. The SMILES string of the molecule is CCCc1nc2cccc(C(=O)O)c2n1C1CCCC1C. The van der Waals surface area contributed by atoms with E-state index in [1.807, 2.05) is 6.07 Å². The largest absolute Gasteiger partial charge is 0.478 e. The normalized spacial score (nSPS) is 22.0. The summed E-state index contributed by atoms with van der Waals surface area (Å²) in [5, 5.41) is 9.51. The van der Waals surface area contributed by atoms with Crippen molar-refractivity contribution >= 4 is 17.0 Å². The molecule has 0 bridgehead atoms. The Morgan fingerprint density at radius 3 is 2.86 bits per heavy atom. The number of carboxylic acids is 1. The number of nitrogens with zero attached hydrogens (tertiary/aromatic N) is 2. The maximum Gasteiger partial charge on any atom is 0.337 e. The maximum absolute atomic E-state index is 11.6. The highest BCUT2D eigenvalue weighted by atomic mass is 16.4. The van der Waals surface area contributed by atoms with E-state index in [2.05, 4.69) is 18.4 Å². The van der Waals surface area contributed by atoms with E-state index in [9.17, 15) is 9.90 Å². The fraction of sp³-hybridized carbons (Fsp3) is 0.529. The van der Waals surface area contributed by atoms with Gasteiger partial charge in [0, 0.05) is 12.5 Å². The highest BCUT2D eigenvalue weighted by molar-refractivity contribution is 6.01. The number of carbonyl (C=O) groups is 1. The van der Waals surface area contributed by atoms with Crippen LogP contribution in [0.3, 0.4) is 0 Å². The van der Waals surface area contributed by atoms with Crippen molar-refractivity contribution < 1.29 is 9.90 Å². The van der Waals surface area contributed by atoms with Gasteiger partial charge in [-0.05, 0) is 37.3 Å². The van der Waals surface area contributed by atoms with Gasteiger partial charge in [-0.2, -0.15) is 0 Å². The van der Waals surface area contributed by atoms with E-state index in [-0.39, 0.29) is 0 Å². The third-order valence-corrected chi connectivity index (χ3v) is 4.64. The van der Waals surface area contributed by atoms with Crippen LogP contribution >= 0.6 is 0 Å². The molecule has 1 aliphatic carbocycles. The number of hydrogen-bond acceptors (Lipinski definition) is 2. The molecule has 4 nitrogen and oxygen atoms in total. The number of hydrogen-bond donors (Lipinski definition) is 1. The van der Waals surface area contributed by atoms with Gasteiger partial charge in [0.05, 0.1) is 16.6 Å². The predicted molar refractivity (Wildman–Crippen MR) is 82.7 cm³/mol. The van der Waals surface area contributed by atoms with Gasteiger partial charge in [0.2, 0.25) is 0 Å². The Kier molecular flexibility index (Phi) is 3.70. The lowest BCUT2D eigenvalue weighted by atomic mass is 10.0. The van der Waals surface area contributed by atoms with Crippen LogP contribution in [0.2, 0.25) is 0 Å². The molecule has 1 fully saturated rings. The van der Waals surface area contributed by atoms with Crippen LogP contribution in [0.4, 0.5) is 0 Å². The summed E-state index contributed by atoms with van der Waals surface area (Å²) in [7, 11) is 0. The Bertz CT molecular complexity index is 675. The van der Waals surface area contributed by atoms with Gasteiger partial charge in [0.1, 0.15) is 5.82 Å². The quantitative estimate of drug-likeness (QED) is 0.922. The summed E-state index contributed by atoms with van der Waals surface area (Å²) in [6.07, 6.45) is 5.47. The van der Waals surface area contributed by atoms with Gasteiger partial charge < -0.3 is 9.67 Å². The summed E-state index contributed by atoms with van der Waals surface area (Å²) >= 11 is 0. The van der Waals surface area contributed by atoms with Crippen molar-refractivity contribution in [3.8, 4) is 0 Å². The lowest BCUT2D eigenvalue weighted by Gasteiger charge is -2.21. The molecule has 1 N–H and O–H groups in total. The zero-order valence-electron chi connectivity index (χ0n) is 12.7. The number of imidazole rings is 1. The smallest absolute Gasteiger partial charge is 0.337 e. The summed E-state index contributed by atoms with van der Waals surface area (Å²) < 4.78 is 2.24. The summed E-state index contributed by atoms with van der Waals surface area (Å²) in [6, 6.07) is 5.80. The molecule has 0 amide bonds. The molecule has 3 rings (SSSR count). The topological polar surface area (TPSA) is 55.1 Å². The number of para-hydroxylation sites is 1. The second-order valence-corrected chi connectivity index (χ2v) is 6.10. The van der Waals surface area contributed by atoms with Crippen LogP contribution in [0.25, 0.3) is 11.0 Å².